The van der Waals surface area contributed by atoms with Crippen LogP contribution >= 0.6 is 0 Å². The normalized spacial score (nSPS) is 17.4. The summed E-state index contributed by atoms with van der Waals surface area (Å²) >= 11 is 0. The Morgan fingerprint density at radius 3 is 2.16 bits per heavy atom. The summed E-state index contributed by atoms with van der Waals surface area (Å²) in [6.07, 6.45) is 7.75. The van der Waals surface area contributed by atoms with Crippen LogP contribution in [0.5, 0.6) is 0 Å². The largest absolute Gasteiger partial charge is 0.459 e. The van der Waals surface area contributed by atoms with Crippen molar-refractivity contribution in [3.05, 3.63) is 94.3 Å². The van der Waals surface area contributed by atoms with Crippen LogP contribution in [-0.2, 0) is 17.6 Å². The molecule has 0 saturated heterocycles. The maximum Gasteiger partial charge on any atom is 0.341 e. The van der Waals surface area contributed by atoms with E-state index < -0.39 is 23.4 Å². The van der Waals surface area contributed by atoms with E-state index in [1.54, 1.807) is 18.2 Å². The fourth-order valence-electron chi connectivity index (χ4n) is 5.41. The predicted octanol–water partition coefficient (Wildman–Crippen LogP) is 9.34. The molecule has 1 saturated carbocycles. The van der Waals surface area contributed by atoms with Crippen LogP contribution in [0.1, 0.15) is 98.2 Å². The minimum Gasteiger partial charge on any atom is -0.459 e. The highest BCUT2D eigenvalue weighted by Gasteiger charge is 2.29. The smallest absolute Gasteiger partial charge is 0.341 e. The second-order valence-corrected chi connectivity index (χ2v) is 10.4. The fraction of sp³-hybridized carbons (Fsp3) is 0.424. The third-order valence-electron chi connectivity index (χ3n) is 7.63. The summed E-state index contributed by atoms with van der Waals surface area (Å²) in [4.78, 5) is 12.6. The van der Waals surface area contributed by atoms with Crippen LogP contribution in [0.15, 0.2) is 54.6 Å². The maximum absolute atomic E-state index is 15.1. The summed E-state index contributed by atoms with van der Waals surface area (Å²) in [5.74, 6) is -3.01. The molecular weight excluding hydrogens is 485 g/mol. The van der Waals surface area contributed by atoms with Gasteiger partial charge in [-0.25, -0.2) is 18.0 Å². The van der Waals surface area contributed by atoms with Crippen molar-refractivity contribution < 1.29 is 22.7 Å². The Labute approximate surface area is 224 Å². The van der Waals surface area contributed by atoms with Crippen molar-refractivity contribution in [2.24, 2.45) is 0 Å². The van der Waals surface area contributed by atoms with Gasteiger partial charge in [-0.1, -0.05) is 75.6 Å². The van der Waals surface area contributed by atoms with Gasteiger partial charge in [0.15, 0.2) is 11.6 Å². The summed E-state index contributed by atoms with van der Waals surface area (Å²) in [7, 11) is 0. The molecule has 5 heteroatoms. The molecule has 0 N–H and O–H groups in total. The van der Waals surface area contributed by atoms with Crippen LogP contribution in [0.2, 0.25) is 0 Å². The lowest BCUT2D eigenvalue weighted by atomic mass is 9.82. The van der Waals surface area contributed by atoms with Gasteiger partial charge in [-0.15, -0.1) is 0 Å². The first kappa shape index (κ1) is 27.9. The van der Waals surface area contributed by atoms with E-state index >= 15 is 8.78 Å². The van der Waals surface area contributed by atoms with Gasteiger partial charge < -0.3 is 4.74 Å². The lowest BCUT2D eigenvalue weighted by Gasteiger charge is -2.29. The molecule has 202 valence electrons. The highest BCUT2D eigenvalue weighted by molar-refractivity contribution is 5.89. The Morgan fingerprint density at radius 2 is 1.50 bits per heavy atom. The molecule has 0 aliphatic heterocycles. The van der Waals surface area contributed by atoms with Crippen molar-refractivity contribution in [3.8, 4) is 11.1 Å². The van der Waals surface area contributed by atoms with Crippen molar-refractivity contribution in [1.82, 2.24) is 0 Å². The van der Waals surface area contributed by atoms with Gasteiger partial charge in [0.05, 0.1) is 5.56 Å². The first-order valence-electron chi connectivity index (χ1n) is 14.0. The molecule has 2 nitrogen and oxygen atoms in total. The average molecular weight is 523 g/mol. The third-order valence-corrected chi connectivity index (χ3v) is 7.63. The number of ether oxygens (including phenoxy) is 1. The molecule has 1 fully saturated rings. The average Bonchev–Trinajstić information content (AvgIpc) is 2.92. The lowest BCUT2D eigenvalue weighted by Crippen LogP contribution is -2.25. The number of carbonyl (C=O) groups excluding carboxylic acids is 1. The van der Waals surface area contributed by atoms with Gasteiger partial charge in [0, 0.05) is 5.56 Å². The van der Waals surface area contributed by atoms with Crippen LogP contribution in [0, 0.1) is 17.5 Å². The zero-order chi connectivity index (χ0) is 27.1. The molecule has 3 aromatic carbocycles. The van der Waals surface area contributed by atoms with E-state index in [1.165, 1.54) is 17.7 Å². The van der Waals surface area contributed by atoms with Gasteiger partial charge in [-0.2, -0.15) is 0 Å². The second-order valence-electron chi connectivity index (χ2n) is 10.4. The molecule has 0 atom stereocenters. The number of hydrogen-bond acceptors (Lipinski definition) is 2. The number of rotatable bonds is 10. The Bertz CT molecular complexity index is 1230. The number of esters is 1. The Morgan fingerprint density at radius 1 is 0.789 bits per heavy atom. The summed E-state index contributed by atoms with van der Waals surface area (Å²) in [5, 5.41) is 0. The van der Waals surface area contributed by atoms with E-state index in [1.807, 2.05) is 24.3 Å². The first-order valence-corrected chi connectivity index (χ1v) is 14.0. The highest BCUT2D eigenvalue weighted by Crippen LogP contribution is 2.38. The molecule has 4 rings (SSSR count). The van der Waals surface area contributed by atoms with Crippen molar-refractivity contribution >= 4 is 5.97 Å². The van der Waals surface area contributed by atoms with Gasteiger partial charge in [-0.05, 0) is 85.3 Å². The van der Waals surface area contributed by atoms with E-state index in [9.17, 15) is 9.18 Å². The van der Waals surface area contributed by atoms with Gasteiger partial charge in [0.1, 0.15) is 11.9 Å². The topological polar surface area (TPSA) is 26.3 Å². The van der Waals surface area contributed by atoms with Crippen molar-refractivity contribution in [1.29, 1.82) is 0 Å². The van der Waals surface area contributed by atoms with Crippen LogP contribution in [0.4, 0.5) is 13.2 Å². The van der Waals surface area contributed by atoms with E-state index in [0.717, 1.165) is 44.1 Å². The molecule has 0 amide bonds. The van der Waals surface area contributed by atoms with Gasteiger partial charge in [0.2, 0.25) is 0 Å². The summed E-state index contributed by atoms with van der Waals surface area (Å²) in [6, 6.07) is 15.6. The predicted molar refractivity (Wildman–Crippen MR) is 146 cm³/mol. The summed E-state index contributed by atoms with van der Waals surface area (Å²) < 4.78 is 50.3. The van der Waals surface area contributed by atoms with Crippen LogP contribution in [0.3, 0.4) is 0 Å². The quantitative estimate of drug-likeness (QED) is 0.196. The maximum atomic E-state index is 15.1. The van der Waals surface area contributed by atoms with Gasteiger partial charge >= 0.3 is 5.97 Å². The van der Waals surface area contributed by atoms with Crippen LogP contribution < -0.4 is 0 Å². The second kappa shape index (κ2) is 13.1. The Balaban J connectivity index is 1.35. The monoisotopic (exact) mass is 522 g/mol. The highest BCUT2D eigenvalue weighted by atomic mass is 19.2. The number of halogens is 3. The summed E-state index contributed by atoms with van der Waals surface area (Å²) in [6.45, 7) is 4.22. The van der Waals surface area contributed by atoms with Crippen LogP contribution in [-0.4, -0.2) is 12.1 Å². The van der Waals surface area contributed by atoms with E-state index in [0.29, 0.717) is 36.8 Å². The molecular formula is C33H37F3O2. The molecule has 1 aliphatic rings. The van der Waals surface area contributed by atoms with Crippen molar-refractivity contribution in [3.63, 3.8) is 0 Å². The fourth-order valence-corrected chi connectivity index (χ4v) is 5.41. The minimum atomic E-state index is -0.826. The van der Waals surface area contributed by atoms with Crippen molar-refractivity contribution in [2.75, 3.05) is 0 Å². The Hall–Kier alpha value is -3.08. The number of unbranched alkanes of at least 4 members (excludes halogenated alkanes) is 2. The molecule has 0 bridgehead atoms. The molecule has 0 unspecified atom stereocenters. The molecule has 0 aromatic heterocycles. The SMILES string of the molecule is CCCCCc1ccc(C(=O)OC2CCC(c3ccc(-c4ccc(CCC)cc4)c(F)c3F)CC2)c(F)c1. The lowest BCUT2D eigenvalue weighted by molar-refractivity contribution is 0.0189. The zero-order valence-electron chi connectivity index (χ0n) is 22.4. The van der Waals surface area contributed by atoms with Gasteiger partial charge in [0.25, 0.3) is 0 Å². The molecule has 0 spiro atoms. The first-order chi connectivity index (χ1) is 18.4. The number of hydrogen-bond donors (Lipinski definition) is 0. The molecule has 38 heavy (non-hydrogen) atoms. The molecule has 3 aromatic rings. The van der Waals surface area contributed by atoms with E-state index in [-0.39, 0.29) is 23.1 Å². The van der Waals surface area contributed by atoms with E-state index in [4.69, 9.17) is 4.74 Å². The number of aryl methyl sites for hydroxylation is 2. The zero-order valence-corrected chi connectivity index (χ0v) is 22.4. The Kier molecular flexibility index (Phi) is 9.65. The van der Waals surface area contributed by atoms with Gasteiger partial charge in [-0.3, -0.25) is 0 Å². The molecule has 0 heterocycles. The van der Waals surface area contributed by atoms with E-state index in [2.05, 4.69) is 13.8 Å². The molecule has 1 aliphatic carbocycles. The third kappa shape index (κ3) is 6.67. The van der Waals surface area contributed by atoms with Crippen LogP contribution in [0.25, 0.3) is 11.1 Å². The number of carbonyl (C=O) groups is 1. The number of benzene rings is 3. The standard InChI is InChI=1S/C33H37F3O2/c1-3-5-6-8-23-11-18-29(30(34)21-23)33(37)38-26-16-14-25(15-17-26)28-20-19-27(31(35)32(28)36)24-12-9-22(7-4-2)10-13-24/h9-13,18-21,25-26H,3-8,14-17H2,1-2H3. The van der Waals surface area contributed by atoms with Crippen molar-refractivity contribution in [2.45, 2.75) is 90.1 Å². The molecule has 0 radical (unpaired) electrons. The minimum absolute atomic E-state index is 0.0576. The summed E-state index contributed by atoms with van der Waals surface area (Å²) in [5.41, 5.74) is 3.27.